The van der Waals surface area contributed by atoms with E-state index in [4.69, 9.17) is 5.41 Å². The third-order valence-electron chi connectivity index (χ3n) is 5.15. The van der Waals surface area contributed by atoms with E-state index in [1.165, 1.54) is 4.90 Å². The average molecular weight is 316 g/mol. The molecular formula is C17H24N4O2. The van der Waals surface area contributed by atoms with Crippen LogP contribution in [0.2, 0.25) is 0 Å². The number of benzene rings is 1. The molecule has 2 atom stereocenters. The van der Waals surface area contributed by atoms with E-state index in [1.807, 2.05) is 19.1 Å². The maximum Gasteiger partial charge on any atom is 0.231 e. The number of rotatable bonds is 2. The molecule has 2 aliphatic heterocycles. The van der Waals surface area contributed by atoms with E-state index < -0.39 is 5.54 Å². The zero-order valence-electron chi connectivity index (χ0n) is 13.7. The number of phenolic OH excluding ortho intramolecular Hbond substituents is 1. The molecule has 2 fully saturated rings. The third-order valence-corrected chi connectivity index (χ3v) is 5.15. The maximum absolute atomic E-state index is 12.2. The van der Waals surface area contributed by atoms with Gasteiger partial charge in [0.2, 0.25) is 5.91 Å². The zero-order valence-corrected chi connectivity index (χ0v) is 13.7. The van der Waals surface area contributed by atoms with Gasteiger partial charge in [0.05, 0.1) is 12.0 Å². The molecule has 2 aliphatic rings. The summed E-state index contributed by atoms with van der Waals surface area (Å²) in [5.74, 6) is 0.714. The lowest BCUT2D eigenvalue weighted by Crippen LogP contribution is -2.64. The van der Waals surface area contributed by atoms with Gasteiger partial charge in [-0.2, -0.15) is 0 Å². The van der Waals surface area contributed by atoms with E-state index in [-0.39, 0.29) is 23.5 Å². The van der Waals surface area contributed by atoms with Crippen LogP contribution in [0.4, 0.5) is 5.69 Å². The minimum Gasteiger partial charge on any atom is -0.508 e. The summed E-state index contributed by atoms with van der Waals surface area (Å²) in [5, 5.41) is 20.9. The molecule has 3 rings (SSSR count). The molecule has 23 heavy (non-hydrogen) atoms. The second kappa shape index (κ2) is 5.76. The standard InChI is InChI=1S/C17H24N4O2/c1-17(10-15(23)20(2)16(18)19-17)12-5-4-8-21(11-12)13-6-3-7-14(22)9-13/h3,6-7,9,12,22H,4-5,8,10-11H2,1-2H3,(H2,18,19)/t12?,17-/m0/s1. The van der Waals surface area contributed by atoms with Gasteiger partial charge < -0.3 is 15.3 Å². The minimum atomic E-state index is -0.393. The Labute approximate surface area is 136 Å². The number of hydrogen-bond donors (Lipinski definition) is 3. The van der Waals surface area contributed by atoms with Crippen LogP contribution in [-0.4, -0.2) is 47.5 Å². The number of hydrogen-bond acceptors (Lipinski definition) is 4. The highest BCUT2D eigenvalue weighted by Gasteiger charge is 2.43. The molecule has 0 aromatic heterocycles. The van der Waals surface area contributed by atoms with Crippen molar-refractivity contribution < 1.29 is 9.90 Å². The van der Waals surface area contributed by atoms with Crippen molar-refractivity contribution in [1.29, 1.82) is 5.41 Å². The summed E-state index contributed by atoms with van der Waals surface area (Å²) in [6.07, 6.45) is 2.47. The number of piperidine rings is 1. The van der Waals surface area contributed by atoms with E-state index in [2.05, 4.69) is 10.2 Å². The molecule has 6 heteroatoms. The number of phenols is 1. The Morgan fingerprint density at radius 3 is 2.91 bits per heavy atom. The summed E-state index contributed by atoms with van der Waals surface area (Å²) in [7, 11) is 1.64. The first kappa shape index (κ1) is 15.6. The van der Waals surface area contributed by atoms with E-state index in [0.29, 0.717) is 6.42 Å². The second-order valence-corrected chi connectivity index (χ2v) is 6.83. The van der Waals surface area contributed by atoms with Crippen LogP contribution >= 0.6 is 0 Å². The Kier molecular flexibility index (Phi) is 3.92. The van der Waals surface area contributed by atoms with Crippen molar-refractivity contribution in [3.63, 3.8) is 0 Å². The van der Waals surface area contributed by atoms with Gasteiger partial charge in [-0.05, 0) is 37.8 Å². The number of nitrogens with zero attached hydrogens (tertiary/aromatic N) is 2. The second-order valence-electron chi connectivity index (χ2n) is 6.83. The molecule has 0 spiro atoms. The van der Waals surface area contributed by atoms with Crippen LogP contribution in [0, 0.1) is 11.3 Å². The number of nitrogens with one attached hydrogen (secondary N) is 2. The van der Waals surface area contributed by atoms with Crippen LogP contribution in [0.15, 0.2) is 24.3 Å². The fourth-order valence-corrected chi connectivity index (χ4v) is 3.62. The van der Waals surface area contributed by atoms with Crippen molar-refractivity contribution in [2.24, 2.45) is 5.92 Å². The Balaban J connectivity index is 1.78. The number of anilines is 1. The molecule has 0 radical (unpaired) electrons. The third kappa shape index (κ3) is 2.98. The molecule has 1 unspecified atom stereocenters. The molecule has 0 aliphatic carbocycles. The van der Waals surface area contributed by atoms with Crippen LogP contribution in [0.1, 0.15) is 26.2 Å². The van der Waals surface area contributed by atoms with E-state index in [9.17, 15) is 9.90 Å². The monoisotopic (exact) mass is 316 g/mol. The van der Waals surface area contributed by atoms with Crippen molar-refractivity contribution in [2.45, 2.75) is 31.7 Å². The lowest BCUT2D eigenvalue weighted by molar-refractivity contribution is -0.130. The van der Waals surface area contributed by atoms with Crippen LogP contribution in [0.5, 0.6) is 5.75 Å². The molecule has 3 N–H and O–H groups in total. The van der Waals surface area contributed by atoms with Crippen LogP contribution in [0.25, 0.3) is 0 Å². The molecule has 2 heterocycles. The number of aromatic hydroxyl groups is 1. The van der Waals surface area contributed by atoms with Crippen molar-refractivity contribution >= 4 is 17.6 Å². The molecule has 0 saturated carbocycles. The normalized spacial score (nSPS) is 28.7. The average Bonchev–Trinajstić information content (AvgIpc) is 2.53. The first-order chi connectivity index (χ1) is 10.9. The molecule has 124 valence electrons. The Bertz CT molecular complexity index is 613. The first-order valence-corrected chi connectivity index (χ1v) is 8.06. The Hall–Kier alpha value is -2.24. The van der Waals surface area contributed by atoms with Gasteiger partial charge in [-0.3, -0.25) is 15.1 Å². The number of carbonyl (C=O) groups excluding carboxylic acids is 1. The highest BCUT2D eigenvalue weighted by Crippen LogP contribution is 2.34. The SMILES string of the molecule is CN1C(=N)N[C@](C)(C2CCCN(c3cccc(O)c3)C2)CC1=O. The lowest BCUT2D eigenvalue weighted by atomic mass is 9.76. The Morgan fingerprint density at radius 1 is 1.43 bits per heavy atom. The summed E-state index contributed by atoms with van der Waals surface area (Å²) in [6, 6.07) is 7.30. The summed E-state index contributed by atoms with van der Waals surface area (Å²) < 4.78 is 0. The molecule has 1 amide bonds. The topological polar surface area (TPSA) is 79.7 Å². The van der Waals surface area contributed by atoms with Gasteiger partial charge in [0.25, 0.3) is 0 Å². The summed E-state index contributed by atoms with van der Waals surface area (Å²) in [4.78, 5) is 15.8. The van der Waals surface area contributed by atoms with Crippen molar-refractivity contribution in [3.8, 4) is 5.75 Å². The van der Waals surface area contributed by atoms with Gasteiger partial charge in [-0.25, -0.2) is 0 Å². The number of guanidine groups is 1. The smallest absolute Gasteiger partial charge is 0.231 e. The number of amides is 1. The van der Waals surface area contributed by atoms with Crippen LogP contribution in [0.3, 0.4) is 0 Å². The fourth-order valence-electron chi connectivity index (χ4n) is 3.62. The Morgan fingerprint density at radius 2 is 2.22 bits per heavy atom. The molecule has 1 aromatic carbocycles. The predicted octanol–water partition coefficient (Wildman–Crippen LogP) is 1.75. The highest BCUT2D eigenvalue weighted by molar-refractivity contribution is 5.98. The van der Waals surface area contributed by atoms with Gasteiger partial charge in [0.15, 0.2) is 5.96 Å². The van der Waals surface area contributed by atoms with E-state index in [1.54, 1.807) is 19.2 Å². The van der Waals surface area contributed by atoms with Gasteiger partial charge in [-0.1, -0.05) is 6.07 Å². The molecule has 1 aromatic rings. The van der Waals surface area contributed by atoms with E-state index >= 15 is 0 Å². The van der Waals surface area contributed by atoms with Crippen LogP contribution in [-0.2, 0) is 4.79 Å². The maximum atomic E-state index is 12.2. The first-order valence-electron chi connectivity index (χ1n) is 8.06. The molecular weight excluding hydrogens is 292 g/mol. The number of carbonyl (C=O) groups is 1. The fraction of sp³-hybridized carbons (Fsp3) is 0.529. The quantitative estimate of drug-likeness (QED) is 0.777. The van der Waals surface area contributed by atoms with Crippen molar-refractivity contribution in [3.05, 3.63) is 24.3 Å². The summed E-state index contributed by atoms with van der Waals surface area (Å²) in [6.45, 7) is 3.81. The van der Waals surface area contributed by atoms with Gasteiger partial charge in [-0.15, -0.1) is 0 Å². The zero-order chi connectivity index (χ0) is 16.6. The predicted molar refractivity (Wildman–Crippen MR) is 89.7 cm³/mol. The van der Waals surface area contributed by atoms with E-state index in [0.717, 1.165) is 31.6 Å². The van der Waals surface area contributed by atoms with Gasteiger partial charge in [0.1, 0.15) is 5.75 Å². The minimum absolute atomic E-state index is 0.00858. The summed E-state index contributed by atoms with van der Waals surface area (Å²) in [5.41, 5.74) is 0.614. The largest absolute Gasteiger partial charge is 0.508 e. The summed E-state index contributed by atoms with van der Waals surface area (Å²) >= 11 is 0. The van der Waals surface area contributed by atoms with Crippen LogP contribution < -0.4 is 10.2 Å². The molecule has 2 saturated heterocycles. The van der Waals surface area contributed by atoms with Gasteiger partial charge in [0, 0.05) is 31.9 Å². The molecule has 0 bridgehead atoms. The lowest BCUT2D eigenvalue weighted by Gasteiger charge is -2.48. The molecule has 6 nitrogen and oxygen atoms in total. The van der Waals surface area contributed by atoms with Crippen molar-refractivity contribution in [1.82, 2.24) is 10.2 Å². The highest BCUT2D eigenvalue weighted by atomic mass is 16.3. The van der Waals surface area contributed by atoms with Crippen molar-refractivity contribution in [2.75, 3.05) is 25.0 Å². The van der Waals surface area contributed by atoms with Gasteiger partial charge >= 0.3 is 0 Å².